The van der Waals surface area contributed by atoms with Crippen molar-refractivity contribution in [3.8, 4) is 0 Å². The van der Waals surface area contributed by atoms with E-state index in [9.17, 15) is 5.11 Å². The summed E-state index contributed by atoms with van der Waals surface area (Å²) in [6, 6.07) is 0. The molecule has 0 aromatic carbocycles. The van der Waals surface area contributed by atoms with Crippen LogP contribution in [0.1, 0.15) is 32.6 Å². The van der Waals surface area contributed by atoms with E-state index in [0.717, 1.165) is 25.9 Å². The molecule has 1 fully saturated rings. The van der Waals surface area contributed by atoms with Crippen molar-refractivity contribution in [1.82, 2.24) is 0 Å². The van der Waals surface area contributed by atoms with Crippen LogP contribution in [0.15, 0.2) is 0 Å². The molecule has 0 aromatic heterocycles. The molecule has 72 valence electrons. The van der Waals surface area contributed by atoms with Crippen LogP contribution in [0.2, 0.25) is 0 Å². The van der Waals surface area contributed by atoms with Crippen molar-refractivity contribution < 1.29 is 14.6 Å². The minimum absolute atomic E-state index is 0.0695. The van der Waals surface area contributed by atoms with Gasteiger partial charge in [0.15, 0.2) is 6.29 Å². The van der Waals surface area contributed by atoms with Crippen molar-refractivity contribution >= 4 is 0 Å². The molecule has 3 nitrogen and oxygen atoms in total. The first-order valence-corrected chi connectivity index (χ1v) is 4.74. The second kappa shape index (κ2) is 5.51. The van der Waals surface area contributed by atoms with E-state index in [0.29, 0.717) is 6.61 Å². The van der Waals surface area contributed by atoms with Crippen LogP contribution >= 0.6 is 0 Å². The molecule has 1 N–H and O–H groups in total. The number of hydrogen-bond acceptors (Lipinski definition) is 3. The Balaban J connectivity index is 2.05. The molecule has 1 saturated heterocycles. The Labute approximate surface area is 73.7 Å². The van der Waals surface area contributed by atoms with Gasteiger partial charge in [0, 0.05) is 6.61 Å². The molecule has 0 unspecified atom stereocenters. The van der Waals surface area contributed by atoms with E-state index >= 15 is 0 Å². The lowest BCUT2D eigenvalue weighted by Gasteiger charge is -2.23. The molecule has 1 rings (SSSR count). The zero-order chi connectivity index (χ0) is 8.81. The zero-order valence-electron chi connectivity index (χ0n) is 7.66. The van der Waals surface area contributed by atoms with Gasteiger partial charge in [-0.2, -0.15) is 0 Å². The largest absolute Gasteiger partial charge is 0.391 e. The molecule has 12 heavy (non-hydrogen) atoms. The summed E-state index contributed by atoms with van der Waals surface area (Å²) >= 11 is 0. The summed E-state index contributed by atoms with van der Waals surface area (Å²) in [7, 11) is 0. The lowest BCUT2D eigenvalue weighted by atomic mass is 10.2. The predicted molar refractivity (Wildman–Crippen MR) is 45.8 cm³/mol. The average Bonchev–Trinajstić information content (AvgIpc) is 2.16. The highest BCUT2D eigenvalue weighted by Gasteiger charge is 2.14. The van der Waals surface area contributed by atoms with Gasteiger partial charge in [0.1, 0.15) is 0 Å². The molecule has 1 heterocycles. The van der Waals surface area contributed by atoms with Gasteiger partial charge in [-0.1, -0.05) is 6.92 Å². The summed E-state index contributed by atoms with van der Waals surface area (Å²) in [5.41, 5.74) is 0. The topological polar surface area (TPSA) is 38.7 Å². The van der Waals surface area contributed by atoms with Crippen LogP contribution in [0.3, 0.4) is 0 Å². The summed E-state index contributed by atoms with van der Waals surface area (Å²) in [6.45, 7) is 3.14. The summed E-state index contributed by atoms with van der Waals surface area (Å²) in [5.74, 6) is 0. The molecule has 0 amide bonds. The molecule has 1 aliphatic heterocycles. The molecule has 0 aliphatic carbocycles. The maximum Gasteiger partial charge on any atom is 0.157 e. The Morgan fingerprint density at radius 1 is 1.58 bits per heavy atom. The first kappa shape index (κ1) is 9.96. The lowest BCUT2D eigenvalue weighted by molar-refractivity contribution is -0.175. The van der Waals surface area contributed by atoms with Crippen LogP contribution in [-0.2, 0) is 9.47 Å². The van der Waals surface area contributed by atoms with E-state index < -0.39 is 0 Å². The van der Waals surface area contributed by atoms with Gasteiger partial charge in [0.2, 0.25) is 0 Å². The van der Waals surface area contributed by atoms with Crippen molar-refractivity contribution in [1.29, 1.82) is 0 Å². The third-order valence-corrected chi connectivity index (χ3v) is 2.08. The summed E-state index contributed by atoms with van der Waals surface area (Å²) in [5, 5.41) is 9.21. The van der Waals surface area contributed by atoms with Gasteiger partial charge >= 0.3 is 0 Å². The van der Waals surface area contributed by atoms with Crippen LogP contribution in [-0.4, -0.2) is 30.7 Å². The molecule has 0 aromatic rings. The second-order valence-electron chi connectivity index (χ2n) is 3.19. The van der Waals surface area contributed by atoms with Gasteiger partial charge in [-0.3, -0.25) is 0 Å². The van der Waals surface area contributed by atoms with Gasteiger partial charge < -0.3 is 14.6 Å². The zero-order valence-corrected chi connectivity index (χ0v) is 7.66. The van der Waals surface area contributed by atoms with E-state index in [4.69, 9.17) is 9.47 Å². The standard InChI is InChI=1S/C9H18O3/c1-2-8(10)7-12-9-5-3-4-6-11-9/h8-10H,2-7H2,1H3/t8-,9+/m1/s1. The van der Waals surface area contributed by atoms with Crippen LogP contribution in [0.5, 0.6) is 0 Å². The predicted octanol–water partition coefficient (Wildman–Crippen LogP) is 1.30. The van der Waals surface area contributed by atoms with Crippen LogP contribution in [0, 0.1) is 0 Å². The highest BCUT2D eigenvalue weighted by atomic mass is 16.7. The van der Waals surface area contributed by atoms with Crippen LogP contribution in [0.25, 0.3) is 0 Å². The fourth-order valence-electron chi connectivity index (χ4n) is 1.18. The second-order valence-corrected chi connectivity index (χ2v) is 3.19. The Hall–Kier alpha value is -0.120. The van der Waals surface area contributed by atoms with Crippen molar-refractivity contribution in [3.05, 3.63) is 0 Å². The number of rotatable bonds is 4. The molecule has 0 saturated carbocycles. The molecular formula is C9H18O3. The van der Waals surface area contributed by atoms with Crippen molar-refractivity contribution in [2.75, 3.05) is 13.2 Å². The summed E-state index contributed by atoms with van der Waals surface area (Å²) < 4.78 is 10.7. The number of aliphatic hydroxyl groups excluding tert-OH is 1. The van der Waals surface area contributed by atoms with E-state index in [1.807, 2.05) is 6.92 Å². The molecule has 2 atom stereocenters. The van der Waals surface area contributed by atoms with E-state index in [1.54, 1.807) is 0 Å². The fraction of sp³-hybridized carbons (Fsp3) is 1.00. The minimum atomic E-state index is -0.337. The Kier molecular flexibility index (Phi) is 4.58. The SMILES string of the molecule is CC[C@@H](O)CO[C@H]1CCCCO1. The first-order valence-electron chi connectivity index (χ1n) is 4.74. The van der Waals surface area contributed by atoms with Crippen LogP contribution < -0.4 is 0 Å². The molecule has 3 heteroatoms. The number of hydrogen-bond donors (Lipinski definition) is 1. The Bertz CT molecular complexity index is 110. The minimum Gasteiger partial charge on any atom is -0.391 e. The van der Waals surface area contributed by atoms with Crippen molar-refractivity contribution in [2.24, 2.45) is 0 Å². The van der Waals surface area contributed by atoms with E-state index in [-0.39, 0.29) is 12.4 Å². The molecule has 0 spiro atoms. The quantitative estimate of drug-likeness (QED) is 0.698. The Morgan fingerprint density at radius 2 is 2.42 bits per heavy atom. The average molecular weight is 174 g/mol. The van der Waals surface area contributed by atoms with Gasteiger partial charge in [-0.25, -0.2) is 0 Å². The number of ether oxygens (including phenoxy) is 2. The van der Waals surface area contributed by atoms with Crippen molar-refractivity contribution in [3.63, 3.8) is 0 Å². The van der Waals surface area contributed by atoms with Crippen molar-refractivity contribution in [2.45, 2.75) is 45.0 Å². The third-order valence-electron chi connectivity index (χ3n) is 2.08. The molecular weight excluding hydrogens is 156 g/mol. The highest BCUT2D eigenvalue weighted by molar-refractivity contribution is 4.56. The molecule has 1 aliphatic rings. The normalized spacial score (nSPS) is 27.0. The maximum absolute atomic E-state index is 9.21. The highest BCUT2D eigenvalue weighted by Crippen LogP contribution is 2.13. The van der Waals surface area contributed by atoms with Gasteiger partial charge in [-0.15, -0.1) is 0 Å². The smallest absolute Gasteiger partial charge is 0.157 e. The lowest BCUT2D eigenvalue weighted by Crippen LogP contribution is -2.26. The van der Waals surface area contributed by atoms with Crippen LogP contribution in [0.4, 0.5) is 0 Å². The van der Waals surface area contributed by atoms with Gasteiger partial charge in [-0.05, 0) is 25.7 Å². The van der Waals surface area contributed by atoms with E-state index in [1.165, 1.54) is 6.42 Å². The Morgan fingerprint density at radius 3 is 3.00 bits per heavy atom. The van der Waals surface area contributed by atoms with Gasteiger partial charge in [0.25, 0.3) is 0 Å². The summed E-state index contributed by atoms with van der Waals surface area (Å²) in [4.78, 5) is 0. The summed E-state index contributed by atoms with van der Waals surface area (Å²) in [6.07, 6.45) is 3.61. The first-order chi connectivity index (χ1) is 5.83. The fourth-order valence-corrected chi connectivity index (χ4v) is 1.18. The van der Waals surface area contributed by atoms with Gasteiger partial charge in [0.05, 0.1) is 12.7 Å². The third kappa shape index (κ3) is 3.52. The van der Waals surface area contributed by atoms with E-state index in [2.05, 4.69) is 0 Å². The molecule has 0 radical (unpaired) electrons. The maximum atomic E-state index is 9.21. The molecule has 0 bridgehead atoms. The monoisotopic (exact) mass is 174 g/mol. The number of aliphatic hydroxyl groups is 1.